The molecule has 8 heteroatoms. The fourth-order valence-electron chi connectivity index (χ4n) is 2.60. The van der Waals surface area contributed by atoms with Gasteiger partial charge in [-0.2, -0.15) is 0 Å². The van der Waals surface area contributed by atoms with Crippen LogP contribution >= 0.6 is 11.3 Å². The summed E-state index contributed by atoms with van der Waals surface area (Å²) in [7, 11) is 0. The maximum absolute atomic E-state index is 11.6. The molecule has 126 valence electrons. The van der Waals surface area contributed by atoms with Crippen molar-refractivity contribution in [3.63, 3.8) is 0 Å². The average molecular weight is 346 g/mol. The number of hydrogen-bond donors (Lipinski definition) is 2. The SMILES string of the molecule is Cc1cc(-c2nc(-c3cc(C(N)=O)c(C)n3CCCO)cs2)no1. The summed E-state index contributed by atoms with van der Waals surface area (Å²) in [5, 5.41) is 15.7. The number of aryl methyl sites for hydroxylation is 1. The van der Waals surface area contributed by atoms with Gasteiger partial charge in [-0.05, 0) is 26.3 Å². The first-order chi connectivity index (χ1) is 11.5. The van der Waals surface area contributed by atoms with E-state index in [0.29, 0.717) is 24.2 Å². The topological polar surface area (TPSA) is 107 Å². The second-order valence-electron chi connectivity index (χ2n) is 5.48. The molecule has 0 aliphatic carbocycles. The zero-order valence-electron chi connectivity index (χ0n) is 13.4. The smallest absolute Gasteiger partial charge is 0.250 e. The number of amides is 1. The Morgan fingerprint density at radius 2 is 2.17 bits per heavy atom. The van der Waals surface area contributed by atoms with E-state index in [0.717, 1.165) is 27.8 Å². The van der Waals surface area contributed by atoms with Gasteiger partial charge >= 0.3 is 0 Å². The number of rotatable bonds is 6. The minimum atomic E-state index is -0.473. The van der Waals surface area contributed by atoms with E-state index in [2.05, 4.69) is 10.1 Å². The molecule has 0 spiro atoms. The first-order valence-corrected chi connectivity index (χ1v) is 8.39. The minimum Gasteiger partial charge on any atom is -0.396 e. The standard InChI is InChI=1S/C16H18N4O3S/c1-9-6-12(19-23-9)16-18-13(8-24-16)14-7-11(15(17)22)10(2)20(14)4-3-5-21/h6-8,21H,3-5H2,1-2H3,(H2,17,22). The zero-order chi connectivity index (χ0) is 17.3. The zero-order valence-corrected chi connectivity index (χ0v) is 14.3. The lowest BCUT2D eigenvalue weighted by Crippen LogP contribution is -2.12. The predicted molar refractivity (Wildman–Crippen MR) is 90.7 cm³/mol. The number of aromatic nitrogens is 3. The summed E-state index contributed by atoms with van der Waals surface area (Å²) in [6.07, 6.45) is 0.584. The third kappa shape index (κ3) is 2.98. The fourth-order valence-corrected chi connectivity index (χ4v) is 3.36. The molecule has 7 nitrogen and oxygen atoms in total. The highest BCUT2D eigenvalue weighted by Gasteiger charge is 2.19. The minimum absolute atomic E-state index is 0.0729. The number of aliphatic hydroxyl groups is 1. The Kier molecular flexibility index (Phi) is 4.50. The van der Waals surface area contributed by atoms with Crippen LogP contribution in [0.4, 0.5) is 0 Å². The summed E-state index contributed by atoms with van der Waals surface area (Å²) < 4.78 is 7.05. The molecular formula is C16H18N4O3S. The van der Waals surface area contributed by atoms with Crippen molar-refractivity contribution in [3.8, 4) is 22.1 Å². The van der Waals surface area contributed by atoms with E-state index in [1.165, 1.54) is 11.3 Å². The highest BCUT2D eigenvalue weighted by atomic mass is 32.1. The Hall–Kier alpha value is -2.45. The van der Waals surface area contributed by atoms with Crippen molar-refractivity contribution in [2.24, 2.45) is 5.73 Å². The fraction of sp³-hybridized carbons (Fsp3) is 0.312. The van der Waals surface area contributed by atoms with Crippen LogP contribution in [0.3, 0.4) is 0 Å². The molecule has 0 radical (unpaired) electrons. The van der Waals surface area contributed by atoms with Crippen LogP contribution < -0.4 is 5.73 Å². The molecule has 0 aliphatic rings. The van der Waals surface area contributed by atoms with Gasteiger partial charge in [0.15, 0.2) is 0 Å². The molecule has 3 aromatic heterocycles. The molecule has 0 aromatic carbocycles. The predicted octanol–water partition coefficient (Wildman–Crippen LogP) is 2.36. The monoisotopic (exact) mass is 346 g/mol. The van der Waals surface area contributed by atoms with Crippen molar-refractivity contribution in [1.29, 1.82) is 0 Å². The molecule has 3 rings (SSSR count). The Morgan fingerprint density at radius 1 is 1.38 bits per heavy atom. The summed E-state index contributed by atoms with van der Waals surface area (Å²) in [6, 6.07) is 3.58. The van der Waals surface area contributed by atoms with Gasteiger partial charge in [0.1, 0.15) is 16.5 Å². The van der Waals surface area contributed by atoms with Gasteiger partial charge in [-0.1, -0.05) is 5.16 Å². The molecule has 0 fully saturated rings. The van der Waals surface area contributed by atoms with E-state index in [-0.39, 0.29) is 6.61 Å². The summed E-state index contributed by atoms with van der Waals surface area (Å²) in [4.78, 5) is 16.2. The molecule has 0 aliphatic heterocycles. The van der Waals surface area contributed by atoms with Crippen molar-refractivity contribution in [3.05, 3.63) is 34.5 Å². The van der Waals surface area contributed by atoms with Crippen molar-refractivity contribution >= 4 is 17.2 Å². The lowest BCUT2D eigenvalue weighted by Gasteiger charge is -2.09. The highest BCUT2D eigenvalue weighted by Crippen LogP contribution is 2.31. The highest BCUT2D eigenvalue weighted by molar-refractivity contribution is 7.13. The van der Waals surface area contributed by atoms with Gasteiger partial charge in [-0.15, -0.1) is 11.3 Å². The molecule has 3 N–H and O–H groups in total. The number of primary amides is 1. The van der Waals surface area contributed by atoms with Crippen LogP contribution in [0.1, 0.15) is 28.2 Å². The first kappa shape index (κ1) is 16.4. The van der Waals surface area contributed by atoms with E-state index >= 15 is 0 Å². The lowest BCUT2D eigenvalue weighted by molar-refractivity contribution is 0.0999. The van der Waals surface area contributed by atoms with Crippen molar-refractivity contribution in [2.45, 2.75) is 26.8 Å². The average Bonchev–Trinajstić information content (AvgIpc) is 3.24. The van der Waals surface area contributed by atoms with Gasteiger partial charge in [0.05, 0.1) is 17.0 Å². The number of hydrogen-bond acceptors (Lipinski definition) is 6. The molecule has 3 heterocycles. The van der Waals surface area contributed by atoms with Crippen molar-refractivity contribution in [2.75, 3.05) is 6.61 Å². The molecule has 0 atom stereocenters. The van der Waals surface area contributed by atoms with E-state index in [1.807, 2.05) is 29.9 Å². The number of nitrogens with zero attached hydrogens (tertiary/aromatic N) is 3. The molecule has 0 saturated carbocycles. The van der Waals surface area contributed by atoms with Crippen molar-refractivity contribution < 1.29 is 14.4 Å². The van der Waals surface area contributed by atoms with Crippen LogP contribution in [-0.4, -0.2) is 32.3 Å². The largest absolute Gasteiger partial charge is 0.396 e. The molecule has 3 aromatic rings. The van der Waals surface area contributed by atoms with Gasteiger partial charge in [0.25, 0.3) is 5.91 Å². The molecule has 0 bridgehead atoms. The maximum atomic E-state index is 11.6. The Bertz CT molecular complexity index is 878. The third-order valence-electron chi connectivity index (χ3n) is 3.79. The van der Waals surface area contributed by atoms with E-state index in [4.69, 9.17) is 15.4 Å². The van der Waals surface area contributed by atoms with Gasteiger partial charge in [0, 0.05) is 30.3 Å². The molecule has 0 saturated heterocycles. The Morgan fingerprint density at radius 3 is 2.79 bits per heavy atom. The summed E-state index contributed by atoms with van der Waals surface area (Å²) in [5.41, 5.74) is 8.93. The number of carbonyl (C=O) groups is 1. The number of aliphatic hydroxyl groups excluding tert-OH is 1. The van der Waals surface area contributed by atoms with Crippen LogP contribution in [0.2, 0.25) is 0 Å². The second-order valence-corrected chi connectivity index (χ2v) is 6.34. The van der Waals surface area contributed by atoms with Crippen LogP contribution in [0.25, 0.3) is 22.1 Å². The quantitative estimate of drug-likeness (QED) is 0.712. The summed E-state index contributed by atoms with van der Waals surface area (Å²) in [5.74, 6) is 0.249. The van der Waals surface area contributed by atoms with Crippen LogP contribution in [0, 0.1) is 13.8 Å². The van der Waals surface area contributed by atoms with E-state index in [9.17, 15) is 4.79 Å². The van der Waals surface area contributed by atoms with Crippen molar-refractivity contribution in [1.82, 2.24) is 14.7 Å². The Balaban J connectivity index is 2.03. The van der Waals surface area contributed by atoms with Gasteiger partial charge in [-0.25, -0.2) is 4.98 Å². The van der Waals surface area contributed by atoms with Gasteiger partial charge < -0.3 is 19.9 Å². The Labute approximate surface area is 142 Å². The van der Waals surface area contributed by atoms with Gasteiger partial charge in [-0.3, -0.25) is 4.79 Å². The molecule has 0 unspecified atom stereocenters. The normalized spacial score (nSPS) is 11.1. The van der Waals surface area contributed by atoms with Gasteiger partial charge in [0.2, 0.25) is 0 Å². The number of nitrogens with two attached hydrogens (primary N) is 1. The van der Waals surface area contributed by atoms with Crippen LogP contribution in [-0.2, 0) is 6.54 Å². The molecule has 1 amide bonds. The first-order valence-electron chi connectivity index (χ1n) is 7.51. The maximum Gasteiger partial charge on any atom is 0.250 e. The third-order valence-corrected chi connectivity index (χ3v) is 4.65. The molecular weight excluding hydrogens is 328 g/mol. The molecule has 24 heavy (non-hydrogen) atoms. The second kappa shape index (κ2) is 6.58. The van der Waals surface area contributed by atoms with E-state index in [1.54, 1.807) is 6.07 Å². The van der Waals surface area contributed by atoms with E-state index < -0.39 is 5.91 Å². The van der Waals surface area contributed by atoms with Crippen LogP contribution in [0.5, 0.6) is 0 Å². The number of thiazole rings is 1. The summed E-state index contributed by atoms with van der Waals surface area (Å²) >= 11 is 1.45. The number of carbonyl (C=O) groups excluding carboxylic acids is 1. The summed E-state index contributed by atoms with van der Waals surface area (Å²) in [6.45, 7) is 4.33. The van der Waals surface area contributed by atoms with Crippen LogP contribution in [0.15, 0.2) is 22.0 Å². The lowest BCUT2D eigenvalue weighted by atomic mass is 10.2.